The summed E-state index contributed by atoms with van der Waals surface area (Å²) in [5, 5.41) is 12.8. The van der Waals surface area contributed by atoms with Crippen LogP contribution in [-0.4, -0.2) is 29.8 Å². The van der Waals surface area contributed by atoms with Crippen LogP contribution >= 0.6 is 0 Å². The largest absolute Gasteiger partial charge is 0.481 e. The van der Waals surface area contributed by atoms with Crippen molar-refractivity contribution in [3.63, 3.8) is 0 Å². The monoisotopic (exact) mass is 208 g/mol. The highest BCUT2D eigenvalue weighted by molar-refractivity contribution is 5.45. The van der Waals surface area contributed by atoms with E-state index in [1.807, 2.05) is 12.1 Å². The minimum atomic E-state index is -0.232. The second-order valence-corrected chi connectivity index (χ2v) is 3.87. The molecule has 0 aliphatic heterocycles. The van der Waals surface area contributed by atoms with Crippen molar-refractivity contribution in [1.29, 1.82) is 0 Å². The molecule has 1 aromatic rings. The molecule has 0 spiro atoms. The normalized spacial score (nSPS) is 17.2. The van der Waals surface area contributed by atoms with Crippen LogP contribution in [0.4, 0.5) is 5.69 Å². The molecule has 1 aliphatic carbocycles. The van der Waals surface area contributed by atoms with Gasteiger partial charge in [0.1, 0.15) is 0 Å². The molecule has 1 aliphatic rings. The zero-order valence-corrected chi connectivity index (χ0v) is 8.81. The van der Waals surface area contributed by atoms with Crippen molar-refractivity contribution in [3.05, 3.63) is 18.3 Å². The second kappa shape index (κ2) is 4.49. The molecule has 15 heavy (non-hydrogen) atoms. The molecule has 0 aromatic carbocycles. The Morgan fingerprint density at radius 2 is 2.47 bits per heavy atom. The van der Waals surface area contributed by atoms with E-state index in [9.17, 15) is 5.11 Å². The van der Waals surface area contributed by atoms with Gasteiger partial charge in [-0.15, -0.1) is 0 Å². The Kier molecular flexibility index (Phi) is 3.06. The van der Waals surface area contributed by atoms with Crippen molar-refractivity contribution in [1.82, 2.24) is 4.98 Å². The van der Waals surface area contributed by atoms with Gasteiger partial charge in [-0.3, -0.25) is 0 Å². The quantitative estimate of drug-likeness (QED) is 0.765. The first-order valence-corrected chi connectivity index (χ1v) is 5.21. The lowest BCUT2D eigenvalue weighted by Crippen LogP contribution is -2.21. The van der Waals surface area contributed by atoms with Crippen LogP contribution in [0.5, 0.6) is 5.88 Å². The Morgan fingerprint density at radius 3 is 3.13 bits per heavy atom. The summed E-state index contributed by atoms with van der Waals surface area (Å²) in [5.41, 5.74) is 0.932. The summed E-state index contributed by atoms with van der Waals surface area (Å²) >= 11 is 0. The van der Waals surface area contributed by atoms with Gasteiger partial charge in [-0.05, 0) is 24.8 Å². The lowest BCUT2D eigenvalue weighted by molar-refractivity contribution is 0.164. The van der Waals surface area contributed by atoms with Crippen LogP contribution in [0.2, 0.25) is 0 Å². The Balaban J connectivity index is 1.86. The fourth-order valence-corrected chi connectivity index (χ4v) is 1.50. The van der Waals surface area contributed by atoms with Gasteiger partial charge in [0.15, 0.2) is 0 Å². The van der Waals surface area contributed by atoms with E-state index >= 15 is 0 Å². The molecule has 1 fully saturated rings. The highest BCUT2D eigenvalue weighted by atomic mass is 16.5. The van der Waals surface area contributed by atoms with E-state index in [1.165, 1.54) is 0 Å². The Hall–Kier alpha value is -1.29. The van der Waals surface area contributed by atoms with Gasteiger partial charge in [0.05, 0.1) is 13.2 Å². The summed E-state index contributed by atoms with van der Waals surface area (Å²) in [4.78, 5) is 4.01. The molecule has 1 aromatic heterocycles. The number of anilines is 1. The smallest absolute Gasteiger partial charge is 0.214 e. The molecule has 2 rings (SSSR count). The molecule has 1 atom stereocenters. The summed E-state index contributed by atoms with van der Waals surface area (Å²) in [6, 6.07) is 3.68. The van der Waals surface area contributed by atoms with Gasteiger partial charge in [-0.25, -0.2) is 4.98 Å². The first-order valence-electron chi connectivity index (χ1n) is 5.21. The minimum absolute atomic E-state index is 0.232. The standard InChI is InChI=1S/C11H16N2O2/c1-15-11-6-9(4-5-12-11)13-7-10(14)8-2-3-8/h4-6,8,10,14H,2-3,7H2,1H3,(H,12,13). The van der Waals surface area contributed by atoms with Crippen LogP contribution in [0.3, 0.4) is 0 Å². The lowest BCUT2D eigenvalue weighted by Gasteiger charge is -2.11. The second-order valence-electron chi connectivity index (χ2n) is 3.87. The zero-order valence-electron chi connectivity index (χ0n) is 8.81. The maximum atomic E-state index is 9.67. The van der Waals surface area contributed by atoms with Gasteiger partial charge in [-0.2, -0.15) is 0 Å². The Bertz CT molecular complexity index is 326. The minimum Gasteiger partial charge on any atom is -0.481 e. The fourth-order valence-electron chi connectivity index (χ4n) is 1.50. The molecule has 1 unspecified atom stereocenters. The van der Waals surface area contributed by atoms with Crippen molar-refractivity contribution >= 4 is 5.69 Å². The molecule has 2 N–H and O–H groups in total. The molecule has 0 radical (unpaired) electrons. The summed E-state index contributed by atoms with van der Waals surface area (Å²) in [6.07, 6.45) is 3.76. The summed E-state index contributed by atoms with van der Waals surface area (Å²) in [5.74, 6) is 1.09. The first kappa shape index (κ1) is 10.2. The van der Waals surface area contributed by atoms with Gasteiger partial charge in [0, 0.05) is 24.5 Å². The molecular formula is C11H16N2O2. The van der Waals surface area contributed by atoms with E-state index in [4.69, 9.17) is 4.74 Å². The molecule has 0 amide bonds. The van der Waals surface area contributed by atoms with Crippen molar-refractivity contribution in [3.8, 4) is 5.88 Å². The van der Waals surface area contributed by atoms with Gasteiger partial charge in [0.2, 0.25) is 5.88 Å². The number of hydrogen-bond acceptors (Lipinski definition) is 4. The van der Waals surface area contributed by atoms with Crippen molar-refractivity contribution in [2.75, 3.05) is 19.0 Å². The number of hydrogen-bond donors (Lipinski definition) is 2. The van der Waals surface area contributed by atoms with Crippen LogP contribution in [0.1, 0.15) is 12.8 Å². The summed E-state index contributed by atoms with van der Waals surface area (Å²) < 4.78 is 5.01. The first-order chi connectivity index (χ1) is 7.29. The number of methoxy groups -OCH3 is 1. The van der Waals surface area contributed by atoms with E-state index in [0.717, 1.165) is 18.5 Å². The van der Waals surface area contributed by atoms with Crippen molar-refractivity contribution in [2.45, 2.75) is 18.9 Å². The van der Waals surface area contributed by atoms with Gasteiger partial charge < -0.3 is 15.2 Å². The molecule has 4 heteroatoms. The molecule has 82 valence electrons. The van der Waals surface area contributed by atoms with Crippen LogP contribution in [-0.2, 0) is 0 Å². The van der Waals surface area contributed by atoms with E-state index < -0.39 is 0 Å². The number of aliphatic hydroxyl groups excluding tert-OH is 1. The molecule has 1 saturated carbocycles. The number of ether oxygens (including phenoxy) is 1. The third-order valence-electron chi connectivity index (χ3n) is 2.63. The average molecular weight is 208 g/mol. The predicted octanol–water partition coefficient (Wildman–Crippen LogP) is 1.27. The highest BCUT2D eigenvalue weighted by Gasteiger charge is 2.29. The van der Waals surface area contributed by atoms with Crippen LogP contribution in [0, 0.1) is 5.92 Å². The third-order valence-corrected chi connectivity index (χ3v) is 2.63. The fraction of sp³-hybridized carbons (Fsp3) is 0.545. The third kappa shape index (κ3) is 2.83. The van der Waals surface area contributed by atoms with E-state index in [-0.39, 0.29) is 6.10 Å². The van der Waals surface area contributed by atoms with E-state index in [0.29, 0.717) is 18.3 Å². The Morgan fingerprint density at radius 1 is 1.67 bits per heavy atom. The van der Waals surface area contributed by atoms with Crippen molar-refractivity contribution in [2.24, 2.45) is 5.92 Å². The molecule has 1 heterocycles. The molecule has 0 bridgehead atoms. The van der Waals surface area contributed by atoms with Crippen LogP contribution in [0.25, 0.3) is 0 Å². The van der Waals surface area contributed by atoms with Gasteiger partial charge in [0.25, 0.3) is 0 Å². The Labute approximate surface area is 89.3 Å². The average Bonchev–Trinajstić information content (AvgIpc) is 3.10. The van der Waals surface area contributed by atoms with E-state index in [1.54, 1.807) is 13.3 Å². The predicted molar refractivity (Wildman–Crippen MR) is 58.0 cm³/mol. The van der Waals surface area contributed by atoms with Crippen LogP contribution in [0.15, 0.2) is 18.3 Å². The van der Waals surface area contributed by atoms with E-state index in [2.05, 4.69) is 10.3 Å². The summed E-state index contributed by atoms with van der Waals surface area (Å²) in [6.45, 7) is 0.595. The summed E-state index contributed by atoms with van der Waals surface area (Å²) in [7, 11) is 1.59. The maximum Gasteiger partial charge on any atom is 0.214 e. The zero-order chi connectivity index (χ0) is 10.7. The SMILES string of the molecule is COc1cc(NCC(O)C2CC2)ccn1. The maximum absolute atomic E-state index is 9.67. The number of nitrogens with one attached hydrogen (secondary N) is 1. The number of rotatable bonds is 5. The van der Waals surface area contributed by atoms with Gasteiger partial charge >= 0.3 is 0 Å². The lowest BCUT2D eigenvalue weighted by atomic mass is 10.2. The number of aromatic nitrogens is 1. The molecule has 0 saturated heterocycles. The number of pyridine rings is 1. The van der Waals surface area contributed by atoms with Crippen molar-refractivity contribution < 1.29 is 9.84 Å². The number of nitrogens with zero attached hydrogens (tertiary/aromatic N) is 1. The number of aliphatic hydroxyl groups is 1. The topological polar surface area (TPSA) is 54.4 Å². The highest BCUT2D eigenvalue weighted by Crippen LogP contribution is 2.32. The van der Waals surface area contributed by atoms with Crippen LogP contribution < -0.4 is 10.1 Å². The van der Waals surface area contributed by atoms with Gasteiger partial charge in [-0.1, -0.05) is 0 Å². The molecule has 4 nitrogen and oxygen atoms in total. The molecular weight excluding hydrogens is 192 g/mol.